The van der Waals surface area contributed by atoms with Crippen molar-refractivity contribution in [2.24, 2.45) is 0 Å². The fourth-order valence-electron chi connectivity index (χ4n) is 3.01. The fourth-order valence-corrected chi connectivity index (χ4v) is 3.17. The molecule has 0 saturated carbocycles. The highest BCUT2D eigenvalue weighted by Gasteiger charge is 2.14. The maximum absolute atomic E-state index is 11.9. The van der Waals surface area contributed by atoms with E-state index in [1.807, 2.05) is 6.92 Å². The molecule has 3 heterocycles. The molecule has 2 N–H and O–H groups in total. The summed E-state index contributed by atoms with van der Waals surface area (Å²) >= 11 is 5.89. The average Bonchev–Trinajstić information content (AvgIpc) is 3.00. The monoisotopic (exact) mass is 365 g/mol. The molecule has 7 nitrogen and oxygen atoms in total. The molecule has 2 aromatic rings. The Morgan fingerprint density at radius 2 is 2.40 bits per heavy atom. The van der Waals surface area contributed by atoms with E-state index in [4.69, 9.17) is 16.3 Å². The van der Waals surface area contributed by atoms with Gasteiger partial charge in [-0.05, 0) is 25.7 Å². The molecule has 0 aromatic carbocycles. The highest BCUT2D eigenvalue weighted by Crippen LogP contribution is 2.17. The van der Waals surface area contributed by atoms with Crippen molar-refractivity contribution in [3.63, 3.8) is 0 Å². The van der Waals surface area contributed by atoms with Gasteiger partial charge in [0, 0.05) is 37.9 Å². The van der Waals surface area contributed by atoms with Crippen LogP contribution < -0.4 is 10.9 Å². The van der Waals surface area contributed by atoms with Crippen LogP contribution in [0.4, 0.5) is 5.95 Å². The molecule has 25 heavy (non-hydrogen) atoms. The van der Waals surface area contributed by atoms with Crippen LogP contribution in [0, 0.1) is 0 Å². The molecule has 8 heteroatoms. The van der Waals surface area contributed by atoms with E-state index in [9.17, 15) is 4.79 Å². The predicted molar refractivity (Wildman–Crippen MR) is 97.2 cm³/mol. The van der Waals surface area contributed by atoms with Crippen LogP contribution in [0.5, 0.6) is 0 Å². The summed E-state index contributed by atoms with van der Waals surface area (Å²) in [6, 6.07) is 1.53. The average molecular weight is 366 g/mol. The van der Waals surface area contributed by atoms with Gasteiger partial charge in [0.2, 0.25) is 5.95 Å². The third-order valence-corrected chi connectivity index (χ3v) is 4.56. The number of ether oxygens (including phenoxy) is 1. The topological polar surface area (TPSA) is 84.8 Å². The molecule has 0 aliphatic carbocycles. The summed E-state index contributed by atoms with van der Waals surface area (Å²) in [4.78, 5) is 19.2. The van der Waals surface area contributed by atoms with E-state index in [0.29, 0.717) is 23.6 Å². The second-order valence-electron chi connectivity index (χ2n) is 6.50. The Hall–Kier alpha value is -1.86. The first-order valence-corrected chi connectivity index (χ1v) is 9.12. The Bertz CT molecular complexity index is 739. The van der Waals surface area contributed by atoms with Gasteiger partial charge in [0.05, 0.1) is 23.0 Å². The van der Waals surface area contributed by atoms with Gasteiger partial charge in [-0.3, -0.25) is 14.5 Å². The maximum Gasteiger partial charge on any atom is 0.252 e. The second kappa shape index (κ2) is 8.49. The summed E-state index contributed by atoms with van der Waals surface area (Å²) in [7, 11) is 0. The first kappa shape index (κ1) is 17.9. The van der Waals surface area contributed by atoms with Crippen LogP contribution in [0.25, 0.3) is 0 Å². The molecule has 3 rings (SSSR count). The van der Waals surface area contributed by atoms with Gasteiger partial charge in [0.1, 0.15) is 0 Å². The fraction of sp³-hybridized carbons (Fsp3) is 0.588. The van der Waals surface area contributed by atoms with Gasteiger partial charge < -0.3 is 10.1 Å². The van der Waals surface area contributed by atoms with E-state index in [1.165, 1.54) is 12.5 Å². The van der Waals surface area contributed by atoms with Gasteiger partial charge in [-0.1, -0.05) is 18.5 Å². The van der Waals surface area contributed by atoms with Crippen LogP contribution in [0.15, 0.2) is 23.3 Å². The van der Waals surface area contributed by atoms with E-state index in [-0.39, 0.29) is 11.5 Å². The molecule has 1 saturated heterocycles. The quantitative estimate of drug-likeness (QED) is 0.788. The normalized spacial score (nSPS) is 18.9. The molecule has 136 valence electrons. The molecule has 0 spiro atoms. The summed E-state index contributed by atoms with van der Waals surface area (Å²) < 4.78 is 7.47. The second-order valence-corrected chi connectivity index (χ2v) is 6.94. The van der Waals surface area contributed by atoms with E-state index in [0.717, 1.165) is 38.1 Å². The summed E-state index contributed by atoms with van der Waals surface area (Å²) in [5.74, 6) is 0.546. The number of H-pyrrole nitrogens is 1. The number of halogens is 1. The minimum absolute atomic E-state index is 0.0421. The third kappa shape index (κ3) is 5.31. The number of aromatic amines is 1. The molecule has 0 bridgehead atoms. The van der Waals surface area contributed by atoms with Gasteiger partial charge in [-0.2, -0.15) is 5.10 Å². The Kier molecular flexibility index (Phi) is 6.09. The highest BCUT2D eigenvalue weighted by molar-refractivity contribution is 6.30. The molecule has 0 amide bonds. The van der Waals surface area contributed by atoms with Crippen molar-refractivity contribution in [1.82, 2.24) is 19.7 Å². The van der Waals surface area contributed by atoms with Crippen LogP contribution in [0.2, 0.25) is 5.02 Å². The minimum Gasteiger partial charge on any atom is -0.378 e. The zero-order chi connectivity index (χ0) is 17.6. The van der Waals surface area contributed by atoms with Gasteiger partial charge in [0.15, 0.2) is 0 Å². The summed E-state index contributed by atoms with van der Waals surface area (Å²) in [5.41, 5.74) is 0.568. The van der Waals surface area contributed by atoms with Gasteiger partial charge >= 0.3 is 0 Å². The molecule has 0 radical (unpaired) electrons. The summed E-state index contributed by atoms with van der Waals surface area (Å²) in [5, 5.41) is 7.97. The van der Waals surface area contributed by atoms with Gasteiger partial charge in [-0.25, -0.2) is 4.98 Å². The minimum atomic E-state index is -0.160. The third-order valence-electron chi connectivity index (χ3n) is 4.36. The standard InChI is InChI=1S/C17H24ClN5O2/c1-12(10-23-11-13(18)9-20-23)15-8-16(24)22-17(21-15)19-6-5-14-4-2-3-7-25-14/h8-9,11-12,14H,2-7,10H2,1H3,(H2,19,21,22,24)/t12-,14+/m1/s1. The molecule has 2 atom stereocenters. The lowest BCUT2D eigenvalue weighted by molar-refractivity contribution is 0.0134. The number of rotatable bonds is 7. The Labute approximate surface area is 151 Å². The smallest absolute Gasteiger partial charge is 0.252 e. The molecular formula is C17H24ClN5O2. The SMILES string of the molecule is C[C@H](Cn1cc(Cl)cn1)c1cc(=O)[nH]c(NCC[C@@H]2CCCCO2)n1. The molecule has 1 aliphatic rings. The van der Waals surface area contributed by atoms with Crippen LogP contribution in [-0.4, -0.2) is 39.0 Å². The van der Waals surface area contributed by atoms with Gasteiger partial charge in [-0.15, -0.1) is 0 Å². The van der Waals surface area contributed by atoms with Crippen molar-refractivity contribution in [2.75, 3.05) is 18.5 Å². The summed E-state index contributed by atoms with van der Waals surface area (Å²) in [6.07, 6.45) is 8.06. The van der Waals surface area contributed by atoms with Crippen molar-refractivity contribution >= 4 is 17.5 Å². The van der Waals surface area contributed by atoms with Crippen LogP contribution in [0.1, 0.15) is 44.2 Å². The predicted octanol–water partition coefficient (Wildman–Crippen LogP) is 2.79. The van der Waals surface area contributed by atoms with Crippen molar-refractivity contribution < 1.29 is 4.74 Å². The van der Waals surface area contributed by atoms with Crippen molar-refractivity contribution in [1.29, 1.82) is 0 Å². The maximum atomic E-state index is 11.9. The molecule has 1 aliphatic heterocycles. The Morgan fingerprint density at radius 1 is 1.52 bits per heavy atom. The van der Waals surface area contributed by atoms with Crippen LogP contribution in [-0.2, 0) is 11.3 Å². The largest absolute Gasteiger partial charge is 0.378 e. The summed E-state index contributed by atoms with van der Waals surface area (Å²) in [6.45, 7) is 4.19. The number of nitrogens with zero attached hydrogens (tertiary/aromatic N) is 3. The van der Waals surface area contributed by atoms with Crippen LogP contribution >= 0.6 is 11.6 Å². The Morgan fingerprint density at radius 3 is 3.12 bits per heavy atom. The molecule has 0 unspecified atom stereocenters. The highest BCUT2D eigenvalue weighted by atomic mass is 35.5. The zero-order valence-corrected chi connectivity index (χ0v) is 15.1. The lowest BCUT2D eigenvalue weighted by atomic mass is 10.1. The molecular weight excluding hydrogens is 342 g/mol. The van der Waals surface area contributed by atoms with Gasteiger partial charge in [0.25, 0.3) is 5.56 Å². The number of anilines is 1. The van der Waals surface area contributed by atoms with Crippen LogP contribution in [0.3, 0.4) is 0 Å². The first-order valence-electron chi connectivity index (χ1n) is 8.75. The van der Waals surface area contributed by atoms with Crippen molar-refractivity contribution in [2.45, 2.75) is 51.2 Å². The zero-order valence-electron chi connectivity index (χ0n) is 14.4. The number of hydrogen-bond acceptors (Lipinski definition) is 5. The number of hydrogen-bond donors (Lipinski definition) is 2. The lowest BCUT2D eigenvalue weighted by Gasteiger charge is -2.22. The Balaban J connectivity index is 1.58. The van der Waals surface area contributed by atoms with E-state index in [2.05, 4.69) is 20.4 Å². The van der Waals surface area contributed by atoms with E-state index in [1.54, 1.807) is 17.1 Å². The van der Waals surface area contributed by atoms with Crippen molar-refractivity contribution in [3.8, 4) is 0 Å². The lowest BCUT2D eigenvalue weighted by Crippen LogP contribution is -2.23. The molecule has 1 fully saturated rings. The number of aromatic nitrogens is 4. The first-order chi connectivity index (χ1) is 12.1. The van der Waals surface area contributed by atoms with Crippen molar-refractivity contribution in [3.05, 3.63) is 39.5 Å². The molecule has 2 aromatic heterocycles. The van der Waals surface area contributed by atoms with E-state index < -0.39 is 0 Å². The van der Waals surface area contributed by atoms with E-state index >= 15 is 0 Å². The number of nitrogens with one attached hydrogen (secondary N) is 2.